The SMILES string of the molecule is CC(C)N(CCCO)c1ncccc1F. The van der Waals surface area contributed by atoms with Crippen LogP contribution in [0.25, 0.3) is 0 Å². The lowest BCUT2D eigenvalue weighted by molar-refractivity contribution is 0.288. The maximum Gasteiger partial charge on any atom is 0.165 e. The van der Waals surface area contributed by atoms with Gasteiger partial charge in [-0.15, -0.1) is 0 Å². The Kier molecular flexibility index (Phi) is 4.49. The lowest BCUT2D eigenvalue weighted by Crippen LogP contribution is -2.33. The van der Waals surface area contributed by atoms with Gasteiger partial charge in [-0.2, -0.15) is 0 Å². The normalized spacial score (nSPS) is 10.7. The third kappa shape index (κ3) is 3.16. The van der Waals surface area contributed by atoms with E-state index in [1.54, 1.807) is 12.3 Å². The van der Waals surface area contributed by atoms with Gasteiger partial charge in [0.15, 0.2) is 11.6 Å². The fraction of sp³-hybridized carbons (Fsp3) is 0.545. The maximum atomic E-state index is 13.5. The van der Waals surface area contributed by atoms with E-state index in [1.807, 2.05) is 18.7 Å². The Morgan fingerprint density at radius 1 is 1.53 bits per heavy atom. The molecule has 0 aromatic carbocycles. The number of nitrogens with zero attached hydrogens (tertiary/aromatic N) is 2. The van der Waals surface area contributed by atoms with E-state index in [0.29, 0.717) is 18.8 Å². The van der Waals surface area contributed by atoms with Crippen molar-refractivity contribution in [1.29, 1.82) is 0 Å². The molecule has 0 aliphatic carbocycles. The second kappa shape index (κ2) is 5.66. The molecule has 0 unspecified atom stereocenters. The van der Waals surface area contributed by atoms with E-state index in [1.165, 1.54) is 6.07 Å². The number of aliphatic hydroxyl groups excluding tert-OH is 1. The van der Waals surface area contributed by atoms with Gasteiger partial charge in [0.1, 0.15) is 0 Å². The number of anilines is 1. The second-order valence-electron chi connectivity index (χ2n) is 3.67. The molecule has 0 fully saturated rings. The molecule has 0 aliphatic rings. The van der Waals surface area contributed by atoms with Crippen molar-refractivity contribution in [2.75, 3.05) is 18.1 Å². The molecule has 0 saturated heterocycles. The van der Waals surface area contributed by atoms with E-state index in [-0.39, 0.29) is 18.5 Å². The molecule has 0 spiro atoms. The van der Waals surface area contributed by atoms with Crippen molar-refractivity contribution in [3.8, 4) is 0 Å². The van der Waals surface area contributed by atoms with Gasteiger partial charge in [-0.25, -0.2) is 9.37 Å². The summed E-state index contributed by atoms with van der Waals surface area (Å²) >= 11 is 0. The zero-order valence-electron chi connectivity index (χ0n) is 9.15. The molecule has 0 amide bonds. The molecule has 0 saturated carbocycles. The number of rotatable bonds is 5. The Morgan fingerprint density at radius 3 is 2.80 bits per heavy atom. The molecule has 1 aromatic heterocycles. The van der Waals surface area contributed by atoms with E-state index in [0.717, 1.165) is 0 Å². The van der Waals surface area contributed by atoms with Crippen LogP contribution in [0, 0.1) is 5.82 Å². The van der Waals surface area contributed by atoms with Gasteiger partial charge in [0.2, 0.25) is 0 Å². The molecule has 0 atom stereocenters. The summed E-state index contributed by atoms with van der Waals surface area (Å²) in [5.74, 6) is 0.0464. The standard InChI is InChI=1S/C11H17FN2O/c1-9(2)14(7-4-8-15)11-10(12)5-3-6-13-11/h3,5-6,9,15H,4,7-8H2,1-2H3. The van der Waals surface area contributed by atoms with Gasteiger partial charge in [0.25, 0.3) is 0 Å². The summed E-state index contributed by atoms with van der Waals surface area (Å²) < 4.78 is 13.5. The highest BCUT2D eigenvalue weighted by Gasteiger charge is 2.14. The summed E-state index contributed by atoms with van der Waals surface area (Å²) in [6.45, 7) is 4.68. The highest BCUT2D eigenvalue weighted by molar-refractivity contribution is 5.40. The van der Waals surface area contributed by atoms with Crippen LogP contribution in [0.15, 0.2) is 18.3 Å². The Morgan fingerprint density at radius 2 is 2.27 bits per heavy atom. The zero-order chi connectivity index (χ0) is 11.3. The minimum Gasteiger partial charge on any atom is -0.396 e. The van der Waals surface area contributed by atoms with Crippen molar-refractivity contribution in [3.63, 3.8) is 0 Å². The molecule has 4 heteroatoms. The third-order valence-corrected chi connectivity index (χ3v) is 2.19. The topological polar surface area (TPSA) is 36.4 Å². The minimum atomic E-state index is -0.316. The molecule has 3 nitrogen and oxygen atoms in total. The van der Waals surface area contributed by atoms with Gasteiger partial charge in [-0.05, 0) is 32.4 Å². The predicted octanol–water partition coefficient (Wildman–Crippen LogP) is 1.82. The predicted molar refractivity (Wildman–Crippen MR) is 58.4 cm³/mol. The molecule has 0 bridgehead atoms. The fourth-order valence-electron chi connectivity index (χ4n) is 1.44. The molecular weight excluding hydrogens is 195 g/mol. The average molecular weight is 212 g/mol. The summed E-state index contributed by atoms with van der Waals surface area (Å²) in [5.41, 5.74) is 0. The van der Waals surface area contributed by atoms with Crippen LogP contribution in [0.2, 0.25) is 0 Å². The lowest BCUT2D eigenvalue weighted by Gasteiger charge is -2.27. The summed E-state index contributed by atoms with van der Waals surface area (Å²) in [6, 6.07) is 3.14. The molecule has 1 rings (SSSR count). The number of aromatic nitrogens is 1. The van der Waals surface area contributed by atoms with Crippen molar-refractivity contribution >= 4 is 5.82 Å². The third-order valence-electron chi connectivity index (χ3n) is 2.19. The first kappa shape index (κ1) is 11.9. The fourth-order valence-corrected chi connectivity index (χ4v) is 1.44. The summed E-state index contributed by atoms with van der Waals surface area (Å²) in [6.07, 6.45) is 2.20. The Labute approximate surface area is 89.6 Å². The molecular formula is C11H17FN2O. The van der Waals surface area contributed by atoms with Crippen LogP contribution in [-0.2, 0) is 0 Å². The van der Waals surface area contributed by atoms with Crippen molar-refractivity contribution in [2.24, 2.45) is 0 Å². The number of aliphatic hydroxyl groups is 1. The van der Waals surface area contributed by atoms with Crippen LogP contribution < -0.4 is 4.90 Å². The highest BCUT2D eigenvalue weighted by atomic mass is 19.1. The Balaban J connectivity index is 2.84. The van der Waals surface area contributed by atoms with Crippen LogP contribution in [0.5, 0.6) is 0 Å². The second-order valence-corrected chi connectivity index (χ2v) is 3.67. The first-order chi connectivity index (χ1) is 7.16. The van der Waals surface area contributed by atoms with Gasteiger partial charge >= 0.3 is 0 Å². The summed E-state index contributed by atoms with van der Waals surface area (Å²) in [4.78, 5) is 5.87. The molecule has 0 aliphatic heterocycles. The molecule has 84 valence electrons. The van der Waals surface area contributed by atoms with E-state index >= 15 is 0 Å². The van der Waals surface area contributed by atoms with Crippen molar-refractivity contribution in [1.82, 2.24) is 4.98 Å². The monoisotopic (exact) mass is 212 g/mol. The Bertz CT molecular complexity index is 304. The van der Waals surface area contributed by atoms with Crippen LogP contribution in [0.4, 0.5) is 10.2 Å². The Hall–Kier alpha value is -1.16. The van der Waals surface area contributed by atoms with Crippen LogP contribution in [0.3, 0.4) is 0 Å². The number of hydrogen-bond donors (Lipinski definition) is 1. The van der Waals surface area contributed by atoms with E-state index in [9.17, 15) is 4.39 Å². The molecule has 1 aromatic rings. The van der Waals surface area contributed by atoms with Gasteiger partial charge in [0, 0.05) is 25.4 Å². The van der Waals surface area contributed by atoms with Crippen molar-refractivity contribution in [2.45, 2.75) is 26.3 Å². The zero-order valence-corrected chi connectivity index (χ0v) is 9.15. The van der Waals surface area contributed by atoms with E-state index in [2.05, 4.69) is 4.98 Å². The van der Waals surface area contributed by atoms with E-state index < -0.39 is 0 Å². The maximum absolute atomic E-state index is 13.5. The number of halogens is 1. The largest absolute Gasteiger partial charge is 0.396 e. The van der Waals surface area contributed by atoms with Gasteiger partial charge in [-0.1, -0.05) is 0 Å². The van der Waals surface area contributed by atoms with Crippen molar-refractivity contribution in [3.05, 3.63) is 24.1 Å². The van der Waals surface area contributed by atoms with E-state index in [4.69, 9.17) is 5.11 Å². The first-order valence-electron chi connectivity index (χ1n) is 5.15. The average Bonchev–Trinajstić information content (AvgIpc) is 2.20. The number of hydrogen-bond acceptors (Lipinski definition) is 3. The molecule has 1 N–H and O–H groups in total. The van der Waals surface area contributed by atoms with Crippen LogP contribution in [-0.4, -0.2) is 29.3 Å². The summed E-state index contributed by atoms with van der Waals surface area (Å²) in [7, 11) is 0. The summed E-state index contributed by atoms with van der Waals surface area (Å²) in [5, 5.41) is 8.77. The molecule has 0 radical (unpaired) electrons. The van der Waals surface area contributed by atoms with Gasteiger partial charge < -0.3 is 10.0 Å². The minimum absolute atomic E-state index is 0.109. The van der Waals surface area contributed by atoms with Gasteiger partial charge in [-0.3, -0.25) is 0 Å². The first-order valence-corrected chi connectivity index (χ1v) is 5.15. The smallest absolute Gasteiger partial charge is 0.165 e. The van der Waals surface area contributed by atoms with Crippen LogP contribution >= 0.6 is 0 Å². The van der Waals surface area contributed by atoms with Crippen molar-refractivity contribution < 1.29 is 9.50 Å². The quantitative estimate of drug-likeness (QED) is 0.808. The van der Waals surface area contributed by atoms with Crippen LogP contribution in [0.1, 0.15) is 20.3 Å². The lowest BCUT2D eigenvalue weighted by atomic mass is 10.2. The van der Waals surface area contributed by atoms with Gasteiger partial charge in [0.05, 0.1) is 0 Å². The highest BCUT2D eigenvalue weighted by Crippen LogP contribution is 2.17. The number of pyridine rings is 1. The molecule has 1 heterocycles. The molecule has 15 heavy (non-hydrogen) atoms.